The normalized spacial score (nSPS) is 20.5. The number of anilines is 2. The van der Waals surface area contributed by atoms with Gasteiger partial charge in [-0.3, -0.25) is 4.79 Å². The van der Waals surface area contributed by atoms with Gasteiger partial charge in [0.05, 0.1) is 11.9 Å². The third-order valence-electron chi connectivity index (χ3n) is 4.60. The summed E-state index contributed by atoms with van der Waals surface area (Å²) >= 11 is 0. The van der Waals surface area contributed by atoms with Crippen LogP contribution < -0.4 is 10.6 Å². The quantitative estimate of drug-likeness (QED) is 0.764. The molecule has 2 aromatic rings. The van der Waals surface area contributed by atoms with Gasteiger partial charge in [0, 0.05) is 29.9 Å². The molecule has 1 amide bonds. The smallest absolute Gasteiger partial charge is 0.255 e. The van der Waals surface area contributed by atoms with Crippen molar-refractivity contribution in [3.63, 3.8) is 0 Å². The molecule has 142 valence electrons. The van der Waals surface area contributed by atoms with Gasteiger partial charge < -0.3 is 10.6 Å². The second-order valence-corrected chi connectivity index (χ2v) is 8.20. The first kappa shape index (κ1) is 17.8. The first-order valence-corrected chi connectivity index (χ1v) is 9.60. The maximum atomic E-state index is 13.3. The van der Waals surface area contributed by atoms with Crippen LogP contribution in [-0.2, 0) is 10.0 Å². The van der Waals surface area contributed by atoms with Crippen LogP contribution in [0.5, 0.6) is 0 Å². The molecule has 0 unspecified atom stereocenters. The summed E-state index contributed by atoms with van der Waals surface area (Å²) in [5.41, 5.74) is 0.102. The van der Waals surface area contributed by atoms with E-state index in [1.807, 2.05) is 0 Å². The summed E-state index contributed by atoms with van der Waals surface area (Å²) < 4.78 is 66.4. The number of nitrogens with zero attached hydrogens (tertiary/aromatic N) is 1. The molecule has 10 heteroatoms. The molecule has 0 aromatic heterocycles. The van der Waals surface area contributed by atoms with E-state index in [0.717, 1.165) is 6.42 Å². The van der Waals surface area contributed by atoms with Gasteiger partial charge >= 0.3 is 0 Å². The highest BCUT2D eigenvalue weighted by atomic mass is 32.2. The molecule has 0 aliphatic carbocycles. The summed E-state index contributed by atoms with van der Waals surface area (Å²) in [7, 11) is -3.75. The molecule has 1 atom stereocenters. The Bertz CT molecular complexity index is 1040. The minimum atomic E-state index is -3.75. The van der Waals surface area contributed by atoms with E-state index in [1.54, 1.807) is 0 Å². The number of sulfonamides is 1. The van der Waals surface area contributed by atoms with Crippen molar-refractivity contribution in [2.24, 2.45) is 0 Å². The topological polar surface area (TPSA) is 78.5 Å². The average Bonchev–Trinajstić information content (AvgIpc) is 3.09. The molecule has 2 aliphatic rings. The molecule has 2 heterocycles. The molecule has 0 radical (unpaired) electrons. The Kier molecular flexibility index (Phi) is 4.11. The number of carbonyl (C=O) groups is 1. The van der Waals surface area contributed by atoms with Crippen molar-refractivity contribution in [2.45, 2.75) is 23.9 Å². The maximum Gasteiger partial charge on any atom is 0.255 e. The van der Waals surface area contributed by atoms with Crippen LogP contribution in [0.2, 0.25) is 0 Å². The van der Waals surface area contributed by atoms with E-state index < -0.39 is 33.4 Å². The Labute approximate surface area is 153 Å². The van der Waals surface area contributed by atoms with E-state index >= 15 is 0 Å². The number of nitrogens with one attached hydrogen (secondary N) is 2. The van der Waals surface area contributed by atoms with E-state index in [1.165, 1.54) is 22.5 Å². The van der Waals surface area contributed by atoms with Crippen molar-refractivity contribution in [1.29, 1.82) is 0 Å². The van der Waals surface area contributed by atoms with Gasteiger partial charge in [-0.15, -0.1) is 0 Å². The summed E-state index contributed by atoms with van der Waals surface area (Å²) in [6.45, 7) is 0.393. The zero-order valence-corrected chi connectivity index (χ0v) is 14.6. The Balaban J connectivity index is 1.65. The molecule has 0 spiro atoms. The number of benzene rings is 2. The maximum absolute atomic E-state index is 13.3. The lowest BCUT2D eigenvalue weighted by Gasteiger charge is -2.32. The summed E-state index contributed by atoms with van der Waals surface area (Å²) in [5, 5.41) is 5.36. The number of hydrogen-bond donors (Lipinski definition) is 2. The van der Waals surface area contributed by atoms with Gasteiger partial charge in [-0.1, -0.05) is 0 Å². The lowest BCUT2D eigenvalue weighted by Crippen LogP contribution is -2.44. The fraction of sp³-hybridized carbons (Fsp3) is 0.235. The largest absolute Gasteiger partial charge is 0.368 e. The number of carbonyl (C=O) groups excluding carboxylic acids is 1. The highest BCUT2D eigenvalue weighted by Gasteiger charge is 2.41. The second kappa shape index (κ2) is 6.24. The zero-order chi connectivity index (χ0) is 19.3. The van der Waals surface area contributed by atoms with Crippen molar-refractivity contribution in [1.82, 2.24) is 4.31 Å². The van der Waals surface area contributed by atoms with E-state index in [4.69, 9.17) is 0 Å². The Morgan fingerprint density at radius 2 is 1.85 bits per heavy atom. The van der Waals surface area contributed by atoms with E-state index in [2.05, 4.69) is 10.6 Å². The van der Waals surface area contributed by atoms with E-state index in [0.29, 0.717) is 30.8 Å². The van der Waals surface area contributed by atoms with Crippen LogP contribution in [0.15, 0.2) is 35.2 Å². The third kappa shape index (κ3) is 2.94. The number of fused-ring (bicyclic) bond motifs is 2. The first-order valence-electron chi connectivity index (χ1n) is 8.16. The third-order valence-corrected chi connectivity index (χ3v) is 6.55. The fourth-order valence-electron chi connectivity index (χ4n) is 3.31. The number of amides is 1. The molecule has 2 aliphatic heterocycles. The summed E-state index contributed by atoms with van der Waals surface area (Å²) in [4.78, 5) is 12.3. The van der Waals surface area contributed by atoms with Gasteiger partial charge in [0.1, 0.15) is 4.90 Å². The monoisotopic (exact) mass is 397 g/mol. The van der Waals surface area contributed by atoms with Crippen LogP contribution in [0.1, 0.15) is 23.2 Å². The highest BCUT2D eigenvalue weighted by molar-refractivity contribution is 7.89. The molecule has 4 rings (SSSR count). The predicted molar refractivity (Wildman–Crippen MR) is 91.2 cm³/mol. The average molecular weight is 397 g/mol. The number of rotatable bonds is 2. The van der Waals surface area contributed by atoms with Crippen LogP contribution >= 0.6 is 0 Å². The van der Waals surface area contributed by atoms with Gasteiger partial charge in [-0.2, -0.15) is 4.31 Å². The summed E-state index contributed by atoms with van der Waals surface area (Å²) in [6, 6.07) is 5.36. The second-order valence-electron chi connectivity index (χ2n) is 6.34. The summed E-state index contributed by atoms with van der Waals surface area (Å²) in [6.07, 6.45) is 1.13. The Hall–Kier alpha value is -2.59. The molecular formula is C17H14F3N3O3S. The van der Waals surface area contributed by atoms with Crippen LogP contribution in [0, 0.1) is 17.5 Å². The minimum Gasteiger partial charge on any atom is -0.368 e. The van der Waals surface area contributed by atoms with Gasteiger partial charge in [-0.25, -0.2) is 21.6 Å². The standard InChI is InChI=1S/C17H14F3N3O3S/c18-11-7-10(8-12(19)16(11)20)21-17(24)9-3-4-13-14(6-9)27(25,26)23-5-1-2-15(23)22-13/h3-4,6-8,15,22H,1-2,5H2,(H,21,24)/t15-/m1/s1. The van der Waals surface area contributed by atoms with Crippen LogP contribution in [0.3, 0.4) is 0 Å². The van der Waals surface area contributed by atoms with Gasteiger partial charge in [0.15, 0.2) is 17.5 Å². The summed E-state index contributed by atoms with van der Waals surface area (Å²) in [5.74, 6) is -5.30. The molecule has 2 N–H and O–H groups in total. The van der Waals surface area contributed by atoms with Gasteiger partial charge in [0.25, 0.3) is 5.91 Å². The Morgan fingerprint density at radius 1 is 1.15 bits per heavy atom. The number of halogens is 3. The van der Waals surface area contributed by atoms with Crippen LogP contribution in [0.25, 0.3) is 0 Å². The van der Waals surface area contributed by atoms with Crippen molar-refractivity contribution in [2.75, 3.05) is 17.2 Å². The van der Waals surface area contributed by atoms with Crippen molar-refractivity contribution < 1.29 is 26.4 Å². The van der Waals surface area contributed by atoms with Gasteiger partial charge in [0.2, 0.25) is 10.0 Å². The lowest BCUT2D eigenvalue weighted by atomic mass is 10.1. The Morgan fingerprint density at radius 3 is 2.56 bits per heavy atom. The lowest BCUT2D eigenvalue weighted by molar-refractivity contribution is 0.102. The molecule has 6 nitrogen and oxygen atoms in total. The molecule has 1 fully saturated rings. The van der Waals surface area contributed by atoms with Crippen molar-refractivity contribution >= 4 is 27.3 Å². The highest BCUT2D eigenvalue weighted by Crippen LogP contribution is 2.36. The van der Waals surface area contributed by atoms with Crippen LogP contribution in [0.4, 0.5) is 24.5 Å². The van der Waals surface area contributed by atoms with Gasteiger partial charge in [-0.05, 0) is 31.0 Å². The van der Waals surface area contributed by atoms with Crippen LogP contribution in [-0.4, -0.2) is 31.3 Å². The van der Waals surface area contributed by atoms with E-state index in [-0.39, 0.29) is 22.3 Å². The number of hydrogen-bond acceptors (Lipinski definition) is 4. The van der Waals surface area contributed by atoms with Crippen molar-refractivity contribution in [3.05, 3.63) is 53.3 Å². The molecule has 1 saturated heterocycles. The van der Waals surface area contributed by atoms with E-state index in [9.17, 15) is 26.4 Å². The minimum absolute atomic E-state index is 0.0121. The zero-order valence-electron chi connectivity index (χ0n) is 13.8. The first-order chi connectivity index (χ1) is 12.8. The molecule has 0 saturated carbocycles. The van der Waals surface area contributed by atoms with Crippen molar-refractivity contribution in [3.8, 4) is 0 Å². The fourth-order valence-corrected chi connectivity index (χ4v) is 5.10. The predicted octanol–water partition coefficient (Wildman–Crippen LogP) is 2.89. The SMILES string of the molecule is O=C(Nc1cc(F)c(F)c(F)c1)c1ccc2c(c1)S(=O)(=O)N1CCC[C@@H]1N2. The molecular weight excluding hydrogens is 383 g/mol. The molecule has 2 aromatic carbocycles. The molecule has 27 heavy (non-hydrogen) atoms. The molecule has 0 bridgehead atoms.